The lowest BCUT2D eigenvalue weighted by Gasteiger charge is -2.28. The first-order valence-electron chi connectivity index (χ1n) is 10.0. The zero-order valence-electron chi connectivity index (χ0n) is 17.4. The van der Waals surface area contributed by atoms with Crippen molar-refractivity contribution in [2.45, 2.75) is 13.0 Å². The van der Waals surface area contributed by atoms with Crippen molar-refractivity contribution in [3.8, 4) is 17.2 Å². The number of aromatic hydroxyl groups is 1. The van der Waals surface area contributed by atoms with Crippen LogP contribution >= 0.6 is 11.6 Å². The van der Waals surface area contributed by atoms with E-state index in [4.69, 9.17) is 21.2 Å². The Morgan fingerprint density at radius 3 is 2.75 bits per heavy atom. The molecule has 8 heteroatoms. The molecule has 0 saturated heterocycles. The van der Waals surface area contributed by atoms with E-state index >= 15 is 0 Å². The highest BCUT2D eigenvalue weighted by atomic mass is 35.5. The second-order valence-electron chi connectivity index (χ2n) is 7.24. The van der Waals surface area contributed by atoms with Crippen molar-refractivity contribution in [1.29, 1.82) is 0 Å². The molecule has 164 valence electrons. The van der Waals surface area contributed by atoms with Gasteiger partial charge in [0.2, 0.25) is 0 Å². The molecule has 3 aromatic rings. The molecule has 3 aromatic carbocycles. The maximum atomic E-state index is 12.2. The molecule has 1 aliphatic heterocycles. The number of hydroxylamine groups is 2. The topological polar surface area (TPSA) is 83.4 Å². The summed E-state index contributed by atoms with van der Waals surface area (Å²) < 4.78 is 5.45. The summed E-state index contributed by atoms with van der Waals surface area (Å²) >= 11 is 5.84. The van der Waals surface area contributed by atoms with Crippen molar-refractivity contribution < 1.29 is 19.5 Å². The van der Waals surface area contributed by atoms with Gasteiger partial charge in [0, 0.05) is 23.7 Å². The van der Waals surface area contributed by atoms with Gasteiger partial charge in [-0.25, -0.2) is 5.43 Å². The normalized spacial score (nSPS) is 13.6. The number of amides is 1. The highest BCUT2D eigenvalue weighted by Crippen LogP contribution is 2.26. The SMILES string of the molecule is COc1cc(ON2CCc3ccccc3C2)ccc1C=NNC(=O)c1ccc(O)c(Cl)c1. The Kier molecular flexibility index (Phi) is 6.58. The van der Waals surface area contributed by atoms with Crippen molar-refractivity contribution in [3.05, 3.63) is 87.9 Å². The number of benzene rings is 3. The molecule has 0 aliphatic carbocycles. The molecule has 7 nitrogen and oxygen atoms in total. The molecule has 0 atom stereocenters. The lowest BCUT2D eigenvalue weighted by atomic mass is 10.0. The van der Waals surface area contributed by atoms with Gasteiger partial charge >= 0.3 is 0 Å². The number of fused-ring (bicyclic) bond motifs is 1. The van der Waals surface area contributed by atoms with E-state index in [1.54, 1.807) is 19.2 Å². The number of nitrogens with one attached hydrogen (secondary N) is 1. The molecule has 32 heavy (non-hydrogen) atoms. The van der Waals surface area contributed by atoms with Crippen LogP contribution in [-0.2, 0) is 13.0 Å². The van der Waals surface area contributed by atoms with Crippen LogP contribution in [0.4, 0.5) is 0 Å². The highest BCUT2D eigenvalue weighted by Gasteiger charge is 2.17. The van der Waals surface area contributed by atoms with E-state index < -0.39 is 5.91 Å². The first-order chi connectivity index (χ1) is 15.5. The number of rotatable bonds is 6. The number of hydrogen-bond donors (Lipinski definition) is 2. The summed E-state index contributed by atoms with van der Waals surface area (Å²) in [6.45, 7) is 1.52. The Morgan fingerprint density at radius 1 is 1.16 bits per heavy atom. The van der Waals surface area contributed by atoms with E-state index in [0.717, 1.165) is 19.5 Å². The molecule has 0 unspecified atom stereocenters. The predicted octanol–water partition coefficient (Wildman–Crippen LogP) is 4.17. The predicted molar refractivity (Wildman–Crippen MR) is 122 cm³/mol. The maximum Gasteiger partial charge on any atom is 0.271 e. The summed E-state index contributed by atoms with van der Waals surface area (Å²) in [5.74, 6) is 0.673. The summed E-state index contributed by atoms with van der Waals surface area (Å²) in [5.41, 5.74) is 6.00. The smallest absolute Gasteiger partial charge is 0.271 e. The molecular weight excluding hydrogens is 430 g/mol. The molecule has 0 aromatic heterocycles. The van der Waals surface area contributed by atoms with Crippen LogP contribution in [0.25, 0.3) is 0 Å². The summed E-state index contributed by atoms with van der Waals surface area (Å²) in [5, 5.41) is 15.5. The molecule has 0 spiro atoms. The van der Waals surface area contributed by atoms with Gasteiger partial charge in [0.05, 0.1) is 24.9 Å². The Morgan fingerprint density at radius 2 is 1.97 bits per heavy atom. The average molecular weight is 452 g/mol. The first-order valence-corrected chi connectivity index (χ1v) is 10.4. The Labute approximate surface area is 190 Å². The van der Waals surface area contributed by atoms with E-state index in [9.17, 15) is 9.90 Å². The lowest BCUT2D eigenvalue weighted by Crippen LogP contribution is -2.33. The van der Waals surface area contributed by atoms with E-state index in [-0.39, 0.29) is 16.3 Å². The fourth-order valence-electron chi connectivity index (χ4n) is 3.42. The third kappa shape index (κ3) is 5.01. The third-order valence-corrected chi connectivity index (χ3v) is 5.42. The fraction of sp³-hybridized carbons (Fsp3) is 0.167. The van der Waals surface area contributed by atoms with Gasteiger partial charge in [-0.15, -0.1) is 5.06 Å². The van der Waals surface area contributed by atoms with Crippen LogP contribution in [0.15, 0.2) is 65.8 Å². The van der Waals surface area contributed by atoms with E-state index in [0.29, 0.717) is 17.1 Å². The fourth-order valence-corrected chi connectivity index (χ4v) is 3.61. The minimum Gasteiger partial charge on any atom is -0.506 e. The summed E-state index contributed by atoms with van der Waals surface area (Å²) in [4.78, 5) is 18.2. The van der Waals surface area contributed by atoms with Crippen molar-refractivity contribution in [2.75, 3.05) is 13.7 Å². The summed E-state index contributed by atoms with van der Waals surface area (Å²) in [6.07, 6.45) is 2.42. The van der Waals surface area contributed by atoms with Gasteiger partial charge in [0.25, 0.3) is 5.91 Å². The number of ether oxygens (including phenoxy) is 1. The van der Waals surface area contributed by atoms with Crippen LogP contribution in [0.2, 0.25) is 5.02 Å². The van der Waals surface area contributed by atoms with E-state index in [2.05, 4.69) is 28.7 Å². The van der Waals surface area contributed by atoms with Gasteiger partial charge in [0.1, 0.15) is 11.5 Å². The van der Waals surface area contributed by atoms with Crippen LogP contribution in [0.3, 0.4) is 0 Å². The minimum atomic E-state index is -0.451. The summed E-state index contributed by atoms with van der Waals surface area (Å²) in [6, 6.07) is 17.9. The lowest BCUT2D eigenvalue weighted by molar-refractivity contribution is -0.0712. The molecule has 4 rings (SSSR count). The van der Waals surface area contributed by atoms with Gasteiger partial charge in [-0.2, -0.15) is 5.10 Å². The molecule has 1 aliphatic rings. The van der Waals surface area contributed by atoms with Gasteiger partial charge < -0.3 is 14.7 Å². The summed E-state index contributed by atoms with van der Waals surface area (Å²) in [7, 11) is 1.56. The maximum absolute atomic E-state index is 12.2. The van der Waals surface area contributed by atoms with Crippen LogP contribution < -0.4 is 15.0 Å². The van der Waals surface area contributed by atoms with Gasteiger partial charge in [-0.05, 0) is 47.9 Å². The second-order valence-corrected chi connectivity index (χ2v) is 7.65. The van der Waals surface area contributed by atoms with Crippen LogP contribution in [0, 0.1) is 0 Å². The van der Waals surface area contributed by atoms with Crippen LogP contribution in [0.1, 0.15) is 27.0 Å². The van der Waals surface area contributed by atoms with Crippen molar-refractivity contribution in [1.82, 2.24) is 10.5 Å². The Bertz CT molecular complexity index is 1170. The molecule has 1 heterocycles. The molecule has 2 N–H and O–H groups in total. The molecule has 0 bridgehead atoms. The number of hydrogen-bond acceptors (Lipinski definition) is 6. The van der Waals surface area contributed by atoms with Gasteiger partial charge in [-0.3, -0.25) is 4.79 Å². The monoisotopic (exact) mass is 451 g/mol. The Hall–Kier alpha value is -3.55. The number of phenols is 1. The average Bonchev–Trinajstić information content (AvgIpc) is 2.81. The van der Waals surface area contributed by atoms with Crippen molar-refractivity contribution in [3.63, 3.8) is 0 Å². The number of halogens is 1. The first kappa shape index (κ1) is 21.7. The molecule has 0 saturated carbocycles. The molecule has 0 radical (unpaired) electrons. The molecular formula is C24H22ClN3O4. The van der Waals surface area contributed by atoms with Crippen molar-refractivity contribution >= 4 is 23.7 Å². The van der Waals surface area contributed by atoms with Gasteiger partial charge in [-0.1, -0.05) is 35.9 Å². The third-order valence-electron chi connectivity index (χ3n) is 5.11. The number of phenolic OH excluding ortho intramolecular Hbond substituents is 1. The number of methoxy groups -OCH3 is 1. The highest BCUT2D eigenvalue weighted by molar-refractivity contribution is 6.32. The van der Waals surface area contributed by atoms with Crippen LogP contribution in [-0.4, -0.2) is 35.9 Å². The van der Waals surface area contributed by atoms with Crippen LogP contribution in [0.5, 0.6) is 17.2 Å². The van der Waals surface area contributed by atoms with E-state index in [1.807, 2.05) is 17.2 Å². The largest absolute Gasteiger partial charge is 0.506 e. The molecule has 0 fully saturated rings. The standard InChI is InChI=1S/C24H22ClN3O4/c1-31-23-13-20(32-28-11-10-16-4-2-3-5-19(16)15-28)8-6-18(23)14-26-27-24(30)17-7-9-22(29)21(25)12-17/h2-9,12-14,29H,10-11,15H2,1H3,(H,27,30). The van der Waals surface area contributed by atoms with Gasteiger partial charge in [0.15, 0.2) is 5.75 Å². The molecule has 1 amide bonds. The number of carbonyl (C=O) groups is 1. The second kappa shape index (κ2) is 9.72. The van der Waals surface area contributed by atoms with E-state index in [1.165, 1.54) is 35.5 Å². The minimum absolute atomic E-state index is 0.0903. The number of carbonyl (C=O) groups excluding carboxylic acids is 1. The van der Waals surface area contributed by atoms with Crippen molar-refractivity contribution in [2.24, 2.45) is 5.10 Å². The zero-order chi connectivity index (χ0) is 22.5. The number of hydrazone groups is 1. The number of nitrogens with zero attached hydrogens (tertiary/aromatic N) is 2. The zero-order valence-corrected chi connectivity index (χ0v) is 18.2. The quantitative estimate of drug-likeness (QED) is 0.434. The Balaban J connectivity index is 1.40.